The molecule has 2 aromatic rings. The minimum atomic E-state index is -0.258. The van der Waals surface area contributed by atoms with Gasteiger partial charge in [0.25, 0.3) is 5.91 Å². The van der Waals surface area contributed by atoms with Crippen molar-refractivity contribution >= 4 is 28.9 Å². The predicted molar refractivity (Wildman–Crippen MR) is 84.3 cm³/mol. The van der Waals surface area contributed by atoms with Gasteiger partial charge >= 0.3 is 0 Å². The van der Waals surface area contributed by atoms with Gasteiger partial charge in [0.2, 0.25) is 0 Å². The van der Waals surface area contributed by atoms with Gasteiger partial charge < -0.3 is 11.1 Å². The molecule has 0 heterocycles. The van der Waals surface area contributed by atoms with Crippen molar-refractivity contribution in [2.45, 2.75) is 19.8 Å². The minimum Gasteiger partial charge on any atom is -0.397 e. The fraction of sp³-hybridized carbons (Fsp3) is 0.188. The van der Waals surface area contributed by atoms with Gasteiger partial charge in [0, 0.05) is 5.69 Å². The summed E-state index contributed by atoms with van der Waals surface area (Å²) in [7, 11) is 0. The molecule has 0 fully saturated rings. The lowest BCUT2D eigenvalue weighted by atomic mass is 10.0. The molecule has 0 bridgehead atoms. The average Bonchev–Trinajstić information content (AvgIpc) is 2.42. The summed E-state index contributed by atoms with van der Waals surface area (Å²) in [6, 6.07) is 12.8. The Morgan fingerprint density at radius 1 is 1.20 bits per heavy atom. The van der Waals surface area contributed by atoms with Crippen molar-refractivity contribution in [1.82, 2.24) is 0 Å². The molecule has 0 radical (unpaired) electrons. The lowest BCUT2D eigenvalue weighted by molar-refractivity contribution is 0.102. The monoisotopic (exact) mass is 288 g/mol. The molecule has 3 N–H and O–H groups in total. The fourth-order valence-corrected chi connectivity index (χ4v) is 2.08. The first kappa shape index (κ1) is 14.4. The molecule has 20 heavy (non-hydrogen) atoms. The highest BCUT2D eigenvalue weighted by Crippen LogP contribution is 2.24. The van der Waals surface area contributed by atoms with Crippen LogP contribution in [0, 0.1) is 0 Å². The van der Waals surface area contributed by atoms with E-state index in [0.29, 0.717) is 22.2 Å². The smallest absolute Gasteiger partial charge is 0.257 e. The van der Waals surface area contributed by atoms with Gasteiger partial charge in [0.05, 0.1) is 16.3 Å². The number of halogens is 1. The maximum absolute atomic E-state index is 12.2. The van der Waals surface area contributed by atoms with Crippen LogP contribution in [0.4, 0.5) is 11.4 Å². The van der Waals surface area contributed by atoms with Gasteiger partial charge in [0.15, 0.2) is 0 Å². The van der Waals surface area contributed by atoms with Crippen LogP contribution in [0.25, 0.3) is 0 Å². The van der Waals surface area contributed by atoms with Gasteiger partial charge in [-0.25, -0.2) is 0 Å². The second kappa shape index (κ2) is 5.97. The molecule has 0 unspecified atom stereocenters. The fourth-order valence-electron chi connectivity index (χ4n) is 1.91. The topological polar surface area (TPSA) is 55.1 Å². The van der Waals surface area contributed by atoms with E-state index in [-0.39, 0.29) is 5.91 Å². The third-order valence-electron chi connectivity index (χ3n) is 3.11. The highest BCUT2D eigenvalue weighted by atomic mass is 35.5. The van der Waals surface area contributed by atoms with E-state index in [0.717, 1.165) is 5.69 Å². The van der Waals surface area contributed by atoms with Crippen LogP contribution in [0.1, 0.15) is 35.7 Å². The Balaban J connectivity index is 2.24. The molecule has 0 aliphatic carbocycles. The van der Waals surface area contributed by atoms with E-state index in [1.807, 2.05) is 24.3 Å². The number of nitrogen functional groups attached to an aromatic ring is 1. The van der Waals surface area contributed by atoms with Crippen molar-refractivity contribution < 1.29 is 4.79 Å². The lowest BCUT2D eigenvalue weighted by Crippen LogP contribution is -2.14. The number of anilines is 2. The van der Waals surface area contributed by atoms with E-state index in [9.17, 15) is 4.79 Å². The molecule has 0 saturated carbocycles. The first-order chi connectivity index (χ1) is 9.49. The standard InChI is InChI=1S/C16H17ClN2O/c1-10(2)11-5-3-6-12(9-11)19-16(20)13-7-4-8-14(17)15(13)18/h3-10H,18H2,1-2H3,(H,19,20). The number of hydrogen-bond acceptors (Lipinski definition) is 2. The molecule has 2 aromatic carbocycles. The molecular formula is C16H17ClN2O. The third-order valence-corrected chi connectivity index (χ3v) is 3.44. The largest absolute Gasteiger partial charge is 0.397 e. The van der Waals surface area contributed by atoms with Crippen LogP contribution in [0.2, 0.25) is 5.02 Å². The summed E-state index contributed by atoms with van der Waals surface area (Å²) in [6.45, 7) is 4.21. The summed E-state index contributed by atoms with van der Waals surface area (Å²) in [4.78, 5) is 12.2. The second-order valence-corrected chi connectivity index (χ2v) is 5.34. The Hall–Kier alpha value is -2.00. The predicted octanol–water partition coefficient (Wildman–Crippen LogP) is 4.30. The van der Waals surface area contributed by atoms with E-state index in [2.05, 4.69) is 19.2 Å². The molecule has 0 aromatic heterocycles. The first-order valence-corrected chi connectivity index (χ1v) is 6.82. The van der Waals surface area contributed by atoms with Gasteiger partial charge in [-0.15, -0.1) is 0 Å². The number of carbonyl (C=O) groups excluding carboxylic acids is 1. The van der Waals surface area contributed by atoms with Crippen LogP contribution in [-0.4, -0.2) is 5.91 Å². The van der Waals surface area contributed by atoms with Crippen LogP contribution in [0.3, 0.4) is 0 Å². The van der Waals surface area contributed by atoms with Crippen molar-refractivity contribution in [3.8, 4) is 0 Å². The highest BCUT2D eigenvalue weighted by Gasteiger charge is 2.12. The summed E-state index contributed by atoms with van der Waals surface area (Å²) in [5.74, 6) is 0.147. The van der Waals surface area contributed by atoms with E-state index >= 15 is 0 Å². The number of nitrogens with one attached hydrogen (secondary N) is 1. The second-order valence-electron chi connectivity index (χ2n) is 4.94. The van der Waals surface area contributed by atoms with E-state index in [4.69, 9.17) is 17.3 Å². The van der Waals surface area contributed by atoms with Gasteiger partial charge in [-0.1, -0.05) is 43.6 Å². The Labute approximate surface area is 123 Å². The molecule has 0 atom stereocenters. The third kappa shape index (κ3) is 3.11. The SMILES string of the molecule is CC(C)c1cccc(NC(=O)c2cccc(Cl)c2N)c1. The molecule has 0 saturated heterocycles. The van der Waals surface area contributed by atoms with Gasteiger partial charge in [-0.05, 0) is 35.7 Å². The number of carbonyl (C=O) groups is 1. The van der Waals surface area contributed by atoms with E-state index in [1.165, 1.54) is 5.56 Å². The van der Waals surface area contributed by atoms with Crippen molar-refractivity contribution in [2.75, 3.05) is 11.1 Å². The average molecular weight is 289 g/mol. The summed E-state index contributed by atoms with van der Waals surface area (Å²) in [6.07, 6.45) is 0. The molecule has 104 valence electrons. The quantitative estimate of drug-likeness (QED) is 0.828. The van der Waals surface area contributed by atoms with Gasteiger partial charge in [0.1, 0.15) is 0 Å². The van der Waals surface area contributed by atoms with Crippen molar-refractivity contribution in [3.63, 3.8) is 0 Å². The van der Waals surface area contributed by atoms with Crippen molar-refractivity contribution in [2.24, 2.45) is 0 Å². The summed E-state index contributed by atoms with van der Waals surface area (Å²) in [5.41, 5.74) is 8.42. The van der Waals surface area contributed by atoms with Gasteiger partial charge in [-0.2, -0.15) is 0 Å². The zero-order chi connectivity index (χ0) is 14.7. The summed E-state index contributed by atoms with van der Waals surface area (Å²) in [5, 5.41) is 3.23. The van der Waals surface area contributed by atoms with Crippen LogP contribution in [0.15, 0.2) is 42.5 Å². The molecule has 1 amide bonds. The van der Waals surface area contributed by atoms with Gasteiger partial charge in [-0.3, -0.25) is 4.79 Å². The van der Waals surface area contributed by atoms with Crippen molar-refractivity contribution in [3.05, 3.63) is 58.6 Å². The maximum Gasteiger partial charge on any atom is 0.257 e. The first-order valence-electron chi connectivity index (χ1n) is 6.44. The highest BCUT2D eigenvalue weighted by molar-refractivity contribution is 6.34. The van der Waals surface area contributed by atoms with E-state index < -0.39 is 0 Å². The Morgan fingerprint density at radius 2 is 1.90 bits per heavy atom. The van der Waals surface area contributed by atoms with Crippen LogP contribution in [0.5, 0.6) is 0 Å². The van der Waals surface area contributed by atoms with Crippen molar-refractivity contribution in [1.29, 1.82) is 0 Å². The maximum atomic E-state index is 12.2. The zero-order valence-electron chi connectivity index (χ0n) is 11.5. The van der Waals surface area contributed by atoms with E-state index in [1.54, 1.807) is 18.2 Å². The number of nitrogens with two attached hydrogens (primary N) is 1. The number of hydrogen-bond donors (Lipinski definition) is 2. The summed E-state index contributed by atoms with van der Waals surface area (Å²) < 4.78 is 0. The van der Waals surface area contributed by atoms with Crippen LogP contribution >= 0.6 is 11.6 Å². The lowest BCUT2D eigenvalue weighted by Gasteiger charge is -2.11. The molecule has 0 aliphatic heterocycles. The molecule has 3 nitrogen and oxygen atoms in total. The molecule has 4 heteroatoms. The minimum absolute atomic E-state index is 0.258. The zero-order valence-corrected chi connectivity index (χ0v) is 12.2. The summed E-state index contributed by atoms with van der Waals surface area (Å²) >= 11 is 5.92. The Morgan fingerprint density at radius 3 is 2.60 bits per heavy atom. The van der Waals surface area contributed by atoms with Crippen LogP contribution in [-0.2, 0) is 0 Å². The molecule has 2 rings (SSSR count). The Bertz CT molecular complexity index is 638. The Kier molecular flexibility index (Phi) is 4.30. The molecule has 0 aliphatic rings. The number of para-hydroxylation sites is 1. The molecule has 0 spiro atoms. The number of amides is 1. The number of benzene rings is 2. The normalized spacial score (nSPS) is 10.6. The van der Waals surface area contributed by atoms with Crippen LogP contribution < -0.4 is 11.1 Å². The number of rotatable bonds is 3. The molecular weight excluding hydrogens is 272 g/mol.